The van der Waals surface area contributed by atoms with Gasteiger partial charge in [0.05, 0.1) is 7.11 Å². The van der Waals surface area contributed by atoms with Crippen LogP contribution in [0.15, 0.2) is 36.5 Å². The molecule has 0 radical (unpaired) electrons. The number of halogens is 3. The van der Waals surface area contributed by atoms with Gasteiger partial charge in [0.1, 0.15) is 11.8 Å². The van der Waals surface area contributed by atoms with Crippen molar-refractivity contribution in [2.45, 2.75) is 13.2 Å². The Morgan fingerprint density at radius 3 is 2.42 bits per heavy atom. The molecule has 2 rings (SSSR count). The molecule has 1 aromatic heterocycles. The minimum Gasteiger partial charge on any atom is -1.00 e. The summed E-state index contributed by atoms with van der Waals surface area (Å²) in [6, 6.07) is 9.62. The van der Waals surface area contributed by atoms with Crippen LogP contribution in [0.25, 0.3) is 0 Å². The Bertz CT molecular complexity index is 640. The molecule has 0 aliphatic carbocycles. The van der Waals surface area contributed by atoms with Gasteiger partial charge in [0.25, 0.3) is 0 Å². The first-order valence-corrected chi connectivity index (χ1v) is 8.22. The molecule has 0 saturated carbocycles. The first-order valence-electron chi connectivity index (χ1n) is 7.84. The Morgan fingerprint density at radius 2 is 1.81 bits per heavy atom. The summed E-state index contributed by atoms with van der Waals surface area (Å²) in [6.45, 7) is 3.16. The highest BCUT2D eigenvalue weighted by atomic mass is 35.5. The highest BCUT2D eigenvalue weighted by Gasteiger charge is 2.06. The fourth-order valence-corrected chi connectivity index (χ4v) is 2.24. The second-order valence-electron chi connectivity index (χ2n) is 5.74. The van der Waals surface area contributed by atoms with Crippen molar-refractivity contribution in [2.24, 2.45) is 0 Å². The summed E-state index contributed by atoms with van der Waals surface area (Å²) in [6.07, 6.45) is 1.71. The number of methoxy groups -OCH3 is 1. The molecule has 1 aromatic carbocycles. The van der Waals surface area contributed by atoms with E-state index in [0.717, 1.165) is 36.5 Å². The highest BCUT2D eigenvalue weighted by Crippen LogP contribution is 2.28. The number of hydrogen-bond donors (Lipinski definition) is 1. The lowest BCUT2D eigenvalue weighted by Gasteiger charge is -2.13. The van der Waals surface area contributed by atoms with E-state index in [9.17, 15) is 0 Å². The van der Waals surface area contributed by atoms with E-state index < -0.39 is 0 Å². The molecule has 26 heavy (non-hydrogen) atoms. The molecule has 0 unspecified atom stereocenters. The monoisotopic (exact) mass is 419 g/mol. The third-order valence-corrected chi connectivity index (χ3v) is 3.70. The Balaban J connectivity index is 0.00000312. The van der Waals surface area contributed by atoms with Crippen molar-refractivity contribution in [3.63, 3.8) is 0 Å². The Morgan fingerprint density at radius 1 is 1.08 bits per heavy atom. The first kappa shape index (κ1) is 24.8. The van der Waals surface area contributed by atoms with E-state index in [2.05, 4.69) is 29.3 Å². The van der Waals surface area contributed by atoms with Crippen molar-refractivity contribution in [3.05, 3.63) is 52.8 Å². The quantitative estimate of drug-likeness (QED) is 0.346. The second kappa shape index (κ2) is 13.0. The van der Waals surface area contributed by atoms with Gasteiger partial charge in [-0.05, 0) is 37.9 Å². The fourth-order valence-electron chi connectivity index (χ4n) is 2.13. The highest BCUT2D eigenvalue weighted by molar-refractivity contribution is 6.29. The average Bonchev–Trinajstić information content (AvgIpc) is 2.58. The van der Waals surface area contributed by atoms with Crippen molar-refractivity contribution < 1.29 is 34.3 Å². The van der Waals surface area contributed by atoms with Crippen LogP contribution in [0.5, 0.6) is 11.5 Å². The van der Waals surface area contributed by atoms with Crippen LogP contribution >= 0.6 is 11.6 Å². The van der Waals surface area contributed by atoms with Gasteiger partial charge >= 0.3 is 0 Å². The summed E-state index contributed by atoms with van der Waals surface area (Å²) in [4.78, 5) is 6.19. The predicted octanol–water partition coefficient (Wildman–Crippen LogP) is -3.02. The van der Waals surface area contributed by atoms with Gasteiger partial charge in [-0.3, -0.25) is 0 Å². The number of hydrogen-bond acceptors (Lipinski definition) is 5. The molecule has 2 aromatic rings. The predicted molar refractivity (Wildman–Crippen MR) is 96.8 cm³/mol. The molecule has 0 aliphatic rings. The van der Waals surface area contributed by atoms with Gasteiger partial charge in [0.15, 0.2) is 11.5 Å². The average molecular weight is 421 g/mol. The number of ether oxygens (including phenoxy) is 2. The van der Waals surface area contributed by atoms with Crippen LogP contribution in [0.1, 0.15) is 11.1 Å². The maximum Gasteiger partial charge on any atom is 0.161 e. The van der Waals surface area contributed by atoms with Crippen molar-refractivity contribution >= 4 is 11.6 Å². The molecule has 0 atom stereocenters. The normalized spacial score (nSPS) is 10.0. The number of nitrogens with one attached hydrogen (secondary N) is 1. The van der Waals surface area contributed by atoms with Gasteiger partial charge in [0, 0.05) is 31.4 Å². The Labute approximate surface area is 172 Å². The zero-order valence-corrected chi connectivity index (χ0v) is 17.4. The molecule has 0 aliphatic heterocycles. The number of pyridine rings is 1. The number of aromatic nitrogens is 1. The molecular weight excluding hydrogens is 397 g/mol. The number of likely N-dealkylation sites (N-methyl/N-ethyl adjacent to an activating group) is 1. The minimum absolute atomic E-state index is 0. The smallest absolute Gasteiger partial charge is 0.161 e. The molecule has 1 heterocycles. The van der Waals surface area contributed by atoms with Crippen LogP contribution in [0.4, 0.5) is 0 Å². The fraction of sp³-hybridized carbons (Fsp3) is 0.389. The van der Waals surface area contributed by atoms with Crippen LogP contribution in [0.3, 0.4) is 0 Å². The van der Waals surface area contributed by atoms with E-state index in [4.69, 9.17) is 21.1 Å². The lowest BCUT2D eigenvalue weighted by atomic mass is 10.2. The van der Waals surface area contributed by atoms with Crippen LogP contribution < -0.4 is 39.6 Å². The third kappa shape index (κ3) is 8.43. The maximum absolute atomic E-state index is 5.83. The molecule has 1 N–H and O–H groups in total. The van der Waals surface area contributed by atoms with Gasteiger partial charge in [0.2, 0.25) is 0 Å². The van der Waals surface area contributed by atoms with Crippen LogP contribution in [-0.4, -0.2) is 44.2 Å². The molecule has 0 fully saturated rings. The van der Waals surface area contributed by atoms with Crippen molar-refractivity contribution in [3.8, 4) is 11.5 Å². The van der Waals surface area contributed by atoms with Gasteiger partial charge in [-0.2, -0.15) is 0 Å². The molecule has 0 bridgehead atoms. The topological polar surface area (TPSA) is 46.6 Å². The van der Waals surface area contributed by atoms with E-state index >= 15 is 0 Å². The van der Waals surface area contributed by atoms with Crippen molar-refractivity contribution in [1.29, 1.82) is 0 Å². The molecule has 0 spiro atoms. The second-order valence-corrected chi connectivity index (χ2v) is 6.13. The van der Waals surface area contributed by atoms with Crippen LogP contribution in [-0.2, 0) is 13.2 Å². The van der Waals surface area contributed by atoms with Crippen LogP contribution in [0, 0.1) is 0 Å². The van der Waals surface area contributed by atoms with E-state index in [-0.39, 0.29) is 24.8 Å². The summed E-state index contributed by atoms with van der Waals surface area (Å²) < 4.78 is 11.3. The number of nitrogens with zero attached hydrogens (tertiary/aromatic N) is 2. The zero-order chi connectivity index (χ0) is 17.4. The summed E-state index contributed by atoms with van der Waals surface area (Å²) >= 11 is 5.78. The lowest BCUT2D eigenvalue weighted by molar-refractivity contribution is -0.00100. The molecule has 146 valence electrons. The Kier molecular flexibility index (Phi) is 12.4. The van der Waals surface area contributed by atoms with E-state index in [1.165, 1.54) is 0 Å². The minimum atomic E-state index is 0. The molecule has 0 amide bonds. The lowest BCUT2D eigenvalue weighted by Crippen LogP contribution is -3.00. The van der Waals surface area contributed by atoms with E-state index in [1.54, 1.807) is 19.4 Å². The maximum atomic E-state index is 5.83. The van der Waals surface area contributed by atoms with Gasteiger partial charge < -0.3 is 44.5 Å². The first-order chi connectivity index (χ1) is 11.6. The standard InChI is InChI=1S/C18H24ClN3O2.2ClH/c1-22(2)9-8-20-11-14-4-6-16(17(10-14)23-3)24-13-15-5-7-18(19)21-12-15;;/h4-7,10,12,20H,8-9,11,13H2,1-3H3;2*1H/p-2. The third-order valence-electron chi connectivity index (χ3n) is 3.48. The van der Waals surface area contributed by atoms with Gasteiger partial charge in [-0.25, -0.2) is 4.98 Å². The summed E-state index contributed by atoms with van der Waals surface area (Å²) in [5, 5.41) is 3.88. The molecule has 0 saturated heterocycles. The summed E-state index contributed by atoms with van der Waals surface area (Å²) in [7, 11) is 5.77. The Hall–Kier alpha value is -1.24. The van der Waals surface area contributed by atoms with Gasteiger partial charge in [-0.15, -0.1) is 0 Å². The number of rotatable bonds is 9. The molecule has 5 nitrogen and oxygen atoms in total. The van der Waals surface area contributed by atoms with E-state index in [1.807, 2.05) is 24.3 Å². The van der Waals surface area contributed by atoms with Crippen molar-refractivity contribution in [2.75, 3.05) is 34.3 Å². The molecule has 8 heteroatoms. The van der Waals surface area contributed by atoms with E-state index in [0.29, 0.717) is 17.5 Å². The van der Waals surface area contributed by atoms with Crippen molar-refractivity contribution in [1.82, 2.24) is 15.2 Å². The summed E-state index contributed by atoms with van der Waals surface area (Å²) in [5.41, 5.74) is 2.11. The zero-order valence-electron chi connectivity index (χ0n) is 15.1. The number of benzene rings is 1. The van der Waals surface area contributed by atoms with Crippen LogP contribution in [0.2, 0.25) is 5.15 Å². The largest absolute Gasteiger partial charge is 1.00 e. The molecular formula is C18H24Cl3N3O2-2. The summed E-state index contributed by atoms with van der Waals surface area (Å²) in [5.74, 6) is 1.44. The van der Waals surface area contributed by atoms with Gasteiger partial charge in [-0.1, -0.05) is 23.7 Å². The SMILES string of the molecule is COc1cc(CNCCN(C)C)ccc1OCc1ccc(Cl)nc1.[Cl-].[Cl-].